The summed E-state index contributed by atoms with van der Waals surface area (Å²) in [5, 5.41) is 0. The van der Waals surface area contributed by atoms with E-state index < -0.39 is 0 Å². The molecule has 1 aromatic carbocycles. The van der Waals surface area contributed by atoms with E-state index in [1.54, 1.807) is 18.0 Å². The van der Waals surface area contributed by atoms with Crippen molar-refractivity contribution in [3.8, 4) is 0 Å². The van der Waals surface area contributed by atoms with Gasteiger partial charge in [-0.25, -0.2) is 4.39 Å². The van der Waals surface area contributed by atoms with E-state index in [0.29, 0.717) is 5.75 Å². The molecule has 1 atom stereocenters. The van der Waals surface area contributed by atoms with Crippen LogP contribution in [0, 0.1) is 5.82 Å². The number of nitrogens with one attached hydrogen (secondary N) is 1. The Morgan fingerprint density at radius 2 is 2.21 bits per heavy atom. The molecule has 0 amide bonds. The standard InChI is InChI=1S/C13H13BrFN3S/c14-10-2-1-3-12(5-10)19-8-13(18-16)9-4-11(15)7-17-6-9/h1-7,13,18H,8,16H2. The number of pyridine rings is 1. The van der Waals surface area contributed by atoms with Gasteiger partial charge in [0.15, 0.2) is 0 Å². The number of hydrazine groups is 1. The van der Waals surface area contributed by atoms with E-state index in [1.807, 2.05) is 24.3 Å². The van der Waals surface area contributed by atoms with Gasteiger partial charge in [0.25, 0.3) is 0 Å². The van der Waals surface area contributed by atoms with Gasteiger partial charge in [-0.3, -0.25) is 16.3 Å². The normalized spacial score (nSPS) is 12.4. The minimum atomic E-state index is -0.356. The van der Waals surface area contributed by atoms with Crippen LogP contribution in [0.1, 0.15) is 11.6 Å². The van der Waals surface area contributed by atoms with Gasteiger partial charge in [-0.15, -0.1) is 11.8 Å². The number of nitrogens with two attached hydrogens (primary N) is 1. The predicted molar refractivity (Wildman–Crippen MR) is 79.1 cm³/mol. The molecular formula is C13H13BrFN3S. The van der Waals surface area contributed by atoms with Crippen LogP contribution in [0.2, 0.25) is 0 Å². The minimum Gasteiger partial charge on any atom is -0.271 e. The van der Waals surface area contributed by atoms with Crippen molar-refractivity contribution in [3.63, 3.8) is 0 Å². The van der Waals surface area contributed by atoms with Crippen molar-refractivity contribution in [2.24, 2.45) is 5.84 Å². The van der Waals surface area contributed by atoms with E-state index in [9.17, 15) is 4.39 Å². The predicted octanol–water partition coefficient (Wildman–Crippen LogP) is 3.28. The largest absolute Gasteiger partial charge is 0.271 e. The zero-order valence-corrected chi connectivity index (χ0v) is 12.4. The minimum absolute atomic E-state index is 0.146. The molecule has 0 aliphatic carbocycles. The third-order valence-electron chi connectivity index (χ3n) is 2.54. The Hall–Kier alpha value is -0.950. The van der Waals surface area contributed by atoms with Crippen molar-refractivity contribution in [3.05, 3.63) is 58.6 Å². The van der Waals surface area contributed by atoms with Crippen LogP contribution < -0.4 is 11.3 Å². The number of nitrogens with zero attached hydrogens (tertiary/aromatic N) is 1. The van der Waals surface area contributed by atoms with E-state index in [0.717, 1.165) is 14.9 Å². The van der Waals surface area contributed by atoms with Crippen LogP contribution in [-0.2, 0) is 0 Å². The summed E-state index contributed by atoms with van der Waals surface area (Å²) in [7, 11) is 0. The average Bonchev–Trinajstić information content (AvgIpc) is 2.40. The third-order valence-corrected chi connectivity index (χ3v) is 4.12. The van der Waals surface area contributed by atoms with Crippen LogP contribution in [0.25, 0.3) is 0 Å². The van der Waals surface area contributed by atoms with Gasteiger partial charge in [-0.2, -0.15) is 0 Å². The molecular weight excluding hydrogens is 329 g/mol. The number of rotatable bonds is 5. The topological polar surface area (TPSA) is 50.9 Å². The van der Waals surface area contributed by atoms with E-state index in [4.69, 9.17) is 5.84 Å². The van der Waals surface area contributed by atoms with E-state index >= 15 is 0 Å². The molecule has 19 heavy (non-hydrogen) atoms. The molecule has 0 radical (unpaired) electrons. The highest BCUT2D eigenvalue weighted by Crippen LogP contribution is 2.26. The second kappa shape index (κ2) is 7.00. The Labute approximate surface area is 123 Å². The first kappa shape index (κ1) is 14.5. The molecule has 3 N–H and O–H groups in total. The lowest BCUT2D eigenvalue weighted by Crippen LogP contribution is -2.29. The first-order valence-corrected chi connectivity index (χ1v) is 7.42. The summed E-state index contributed by atoms with van der Waals surface area (Å²) in [6, 6.07) is 9.29. The van der Waals surface area contributed by atoms with Crippen molar-refractivity contribution in [1.29, 1.82) is 0 Å². The fraction of sp³-hybridized carbons (Fsp3) is 0.154. The highest BCUT2D eigenvalue weighted by molar-refractivity contribution is 9.10. The number of halogens is 2. The lowest BCUT2D eigenvalue weighted by atomic mass is 10.1. The maximum absolute atomic E-state index is 13.1. The summed E-state index contributed by atoms with van der Waals surface area (Å²) in [5.74, 6) is 5.86. The van der Waals surface area contributed by atoms with E-state index in [-0.39, 0.29) is 11.9 Å². The van der Waals surface area contributed by atoms with Gasteiger partial charge in [0.05, 0.1) is 12.2 Å². The number of hydrogen-bond acceptors (Lipinski definition) is 4. The Balaban J connectivity index is 2.04. The number of benzene rings is 1. The quantitative estimate of drug-likeness (QED) is 0.497. The fourth-order valence-electron chi connectivity index (χ4n) is 1.60. The van der Waals surface area contributed by atoms with Crippen LogP contribution in [0.4, 0.5) is 4.39 Å². The van der Waals surface area contributed by atoms with Crippen molar-refractivity contribution in [2.75, 3.05) is 5.75 Å². The second-order valence-corrected chi connectivity index (χ2v) is 5.93. The van der Waals surface area contributed by atoms with Crippen molar-refractivity contribution < 1.29 is 4.39 Å². The molecule has 0 aliphatic heterocycles. The number of aromatic nitrogens is 1. The Kier molecular flexibility index (Phi) is 5.33. The van der Waals surface area contributed by atoms with Gasteiger partial charge in [-0.05, 0) is 29.8 Å². The molecule has 2 aromatic rings. The Morgan fingerprint density at radius 1 is 1.37 bits per heavy atom. The van der Waals surface area contributed by atoms with Crippen molar-refractivity contribution >= 4 is 27.7 Å². The van der Waals surface area contributed by atoms with Gasteiger partial charge >= 0.3 is 0 Å². The lowest BCUT2D eigenvalue weighted by Gasteiger charge is -2.15. The Morgan fingerprint density at radius 3 is 2.89 bits per heavy atom. The smallest absolute Gasteiger partial charge is 0.141 e. The van der Waals surface area contributed by atoms with Crippen LogP contribution in [0.3, 0.4) is 0 Å². The molecule has 0 saturated heterocycles. The molecule has 100 valence electrons. The zero-order valence-electron chi connectivity index (χ0n) is 10.0. The summed E-state index contributed by atoms with van der Waals surface area (Å²) in [5.41, 5.74) is 3.43. The molecule has 1 heterocycles. The summed E-state index contributed by atoms with van der Waals surface area (Å²) >= 11 is 5.07. The molecule has 0 bridgehead atoms. The number of hydrogen-bond donors (Lipinski definition) is 2. The average molecular weight is 342 g/mol. The highest BCUT2D eigenvalue weighted by Gasteiger charge is 2.11. The molecule has 0 fully saturated rings. The summed E-state index contributed by atoms with van der Waals surface area (Å²) in [6.45, 7) is 0. The van der Waals surface area contributed by atoms with Crippen LogP contribution in [0.15, 0.2) is 52.1 Å². The molecule has 1 aromatic heterocycles. The molecule has 6 heteroatoms. The second-order valence-electron chi connectivity index (χ2n) is 3.92. The van der Waals surface area contributed by atoms with Crippen molar-refractivity contribution in [1.82, 2.24) is 10.4 Å². The lowest BCUT2D eigenvalue weighted by molar-refractivity contribution is 0.585. The molecule has 0 saturated carbocycles. The monoisotopic (exact) mass is 341 g/mol. The van der Waals surface area contributed by atoms with Gasteiger partial charge in [0.1, 0.15) is 5.82 Å². The van der Waals surface area contributed by atoms with Gasteiger partial charge in [0.2, 0.25) is 0 Å². The summed E-state index contributed by atoms with van der Waals surface area (Å²) < 4.78 is 14.2. The fourth-order valence-corrected chi connectivity index (χ4v) is 3.18. The van der Waals surface area contributed by atoms with Crippen LogP contribution >= 0.6 is 27.7 Å². The highest BCUT2D eigenvalue weighted by atomic mass is 79.9. The molecule has 3 nitrogen and oxygen atoms in total. The van der Waals surface area contributed by atoms with Gasteiger partial charge in [-0.1, -0.05) is 22.0 Å². The summed E-state index contributed by atoms with van der Waals surface area (Å²) in [4.78, 5) is 4.96. The van der Waals surface area contributed by atoms with Crippen molar-refractivity contribution in [2.45, 2.75) is 10.9 Å². The maximum Gasteiger partial charge on any atom is 0.141 e. The van der Waals surface area contributed by atoms with E-state index in [1.165, 1.54) is 12.3 Å². The SMILES string of the molecule is NNC(CSc1cccc(Br)c1)c1cncc(F)c1. The summed E-state index contributed by atoms with van der Waals surface area (Å²) in [6.07, 6.45) is 2.80. The first-order valence-electron chi connectivity index (χ1n) is 5.64. The van der Waals surface area contributed by atoms with Crippen LogP contribution in [0.5, 0.6) is 0 Å². The van der Waals surface area contributed by atoms with E-state index in [2.05, 4.69) is 26.3 Å². The molecule has 0 aliphatic rings. The first-order chi connectivity index (χ1) is 9.19. The molecule has 2 rings (SSSR count). The maximum atomic E-state index is 13.1. The van der Waals surface area contributed by atoms with Gasteiger partial charge in [0, 0.05) is 21.3 Å². The Bertz CT molecular complexity index is 553. The van der Waals surface area contributed by atoms with Crippen LogP contribution in [-0.4, -0.2) is 10.7 Å². The third kappa shape index (κ3) is 4.28. The molecule has 0 spiro atoms. The number of thioether (sulfide) groups is 1. The molecule has 1 unspecified atom stereocenters. The zero-order chi connectivity index (χ0) is 13.7. The van der Waals surface area contributed by atoms with Gasteiger partial charge < -0.3 is 0 Å².